The quantitative estimate of drug-likeness (QED) is 0.251. The third-order valence-electron chi connectivity index (χ3n) is 4.76. The van der Waals surface area contributed by atoms with Gasteiger partial charge in [0.1, 0.15) is 6.04 Å². The molecule has 0 radical (unpaired) electrons. The lowest BCUT2D eigenvalue weighted by atomic mass is 10.0. The molecule has 1 atom stereocenters. The van der Waals surface area contributed by atoms with E-state index in [9.17, 15) is 24.0 Å². The molecule has 1 aliphatic heterocycles. The van der Waals surface area contributed by atoms with Crippen LogP contribution < -0.4 is 10.6 Å². The Morgan fingerprint density at radius 2 is 2.03 bits per heavy atom. The van der Waals surface area contributed by atoms with Gasteiger partial charge in [0.15, 0.2) is 6.29 Å². The molecule has 9 heteroatoms. The highest BCUT2D eigenvalue weighted by Crippen LogP contribution is 2.22. The first-order valence-electron chi connectivity index (χ1n) is 9.44. The van der Waals surface area contributed by atoms with Crippen LogP contribution >= 0.6 is 15.9 Å². The maximum absolute atomic E-state index is 12.9. The van der Waals surface area contributed by atoms with Crippen LogP contribution in [-0.4, -0.2) is 53.2 Å². The molecule has 0 bridgehead atoms. The summed E-state index contributed by atoms with van der Waals surface area (Å²) >= 11 is 3.34. The number of anilines is 1. The number of unbranched alkanes of at least 4 members (excludes halogenated alkanes) is 2. The van der Waals surface area contributed by atoms with Crippen LogP contribution in [0.5, 0.6) is 0 Å². The second kappa shape index (κ2) is 10.8. The molecule has 1 aromatic carbocycles. The Labute approximate surface area is 177 Å². The Kier molecular flexibility index (Phi) is 8.50. The average molecular weight is 466 g/mol. The van der Waals surface area contributed by atoms with Gasteiger partial charge in [-0.25, -0.2) is 0 Å². The number of halogens is 1. The number of benzene rings is 1. The normalized spacial score (nSPS) is 16.1. The first-order valence-corrected chi connectivity index (χ1v) is 10.6. The Hall–Kier alpha value is -2.55. The zero-order valence-electron chi connectivity index (χ0n) is 16.2. The number of nitrogens with one attached hydrogen (secondary N) is 2. The molecule has 1 unspecified atom stereocenters. The summed E-state index contributed by atoms with van der Waals surface area (Å²) in [4.78, 5) is 61.3. The van der Waals surface area contributed by atoms with Crippen LogP contribution in [0.1, 0.15) is 59.2 Å². The molecule has 0 aromatic heterocycles. The number of carbonyl (C=O) groups excluding carboxylic acids is 5. The molecule has 2 rings (SSSR count). The number of hydrogen-bond acceptors (Lipinski definition) is 5. The summed E-state index contributed by atoms with van der Waals surface area (Å²) < 4.78 is 0. The number of amides is 4. The van der Waals surface area contributed by atoms with Gasteiger partial charge in [0.2, 0.25) is 17.7 Å². The lowest BCUT2D eigenvalue weighted by Gasteiger charge is -2.30. The number of hydrogen-bond donors (Lipinski definition) is 2. The van der Waals surface area contributed by atoms with Crippen molar-refractivity contribution in [2.24, 2.45) is 0 Å². The van der Waals surface area contributed by atoms with Gasteiger partial charge in [-0.2, -0.15) is 0 Å². The van der Waals surface area contributed by atoms with Crippen molar-refractivity contribution in [3.8, 4) is 0 Å². The molecule has 1 saturated heterocycles. The lowest BCUT2D eigenvalue weighted by molar-refractivity contribution is -0.136. The minimum atomic E-state index is -0.799. The van der Waals surface area contributed by atoms with Gasteiger partial charge in [0.05, 0.1) is 16.8 Å². The van der Waals surface area contributed by atoms with E-state index in [1.165, 1.54) is 18.0 Å². The van der Waals surface area contributed by atoms with Gasteiger partial charge in [-0.05, 0) is 31.4 Å². The topological polar surface area (TPSA) is 113 Å². The molecule has 1 aliphatic rings. The molecule has 156 valence electrons. The Bertz CT molecular complexity index is 811. The summed E-state index contributed by atoms with van der Waals surface area (Å²) in [6.07, 6.45) is 3.81. The van der Waals surface area contributed by atoms with Gasteiger partial charge < -0.3 is 10.2 Å². The molecular formula is C20H24BrN3O5. The van der Waals surface area contributed by atoms with Crippen molar-refractivity contribution < 1.29 is 24.0 Å². The molecule has 8 nitrogen and oxygen atoms in total. The standard InChI is InChI=1S/C20H24BrN3O5/c1-24(16-9-10-18(27)23-19(16)28)20(29)13-6-5-7-15(14(13)12-25)22-17(26)8-3-2-4-11-21/h5-7,12,16H,2-4,8-11H2,1H3,(H,22,26)(H,23,27,28). The summed E-state index contributed by atoms with van der Waals surface area (Å²) in [6, 6.07) is 3.80. The molecule has 1 heterocycles. The summed E-state index contributed by atoms with van der Waals surface area (Å²) in [5, 5.41) is 5.78. The van der Waals surface area contributed by atoms with E-state index in [0.29, 0.717) is 12.7 Å². The third-order valence-corrected chi connectivity index (χ3v) is 5.32. The average Bonchev–Trinajstić information content (AvgIpc) is 2.70. The fourth-order valence-electron chi connectivity index (χ4n) is 3.14. The highest BCUT2D eigenvalue weighted by Gasteiger charge is 2.33. The van der Waals surface area contributed by atoms with Crippen LogP contribution in [0.25, 0.3) is 0 Å². The molecule has 4 amide bonds. The summed E-state index contributed by atoms with van der Waals surface area (Å²) in [7, 11) is 1.45. The van der Waals surface area contributed by atoms with E-state index in [4.69, 9.17) is 0 Å². The molecule has 0 saturated carbocycles. The zero-order chi connectivity index (χ0) is 21.4. The third kappa shape index (κ3) is 5.96. The van der Waals surface area contributed by atoms with E-state index in [0.717, 1.165) is 24.6 Å². The number of aldehydes is 1. The van der Waals surface area contributed by atoms with E-state index in [1.807, 2.05) is 0 Å². The van der Waals surface area contributed by atoms with E-state index >= 15 is 0 Å². The molecule has 0 spiro atoms. The summed E-state index contributed by atoms with van der Waals surface area (Å²) in [6.45, 7) is 0. The SMILES string of the molecule is CN(C(=O)c1cccc(NC(=O)CCCCCBr)c1C=O)C1CCC(=O)NC1=O. The van der Waals surface area contributed by atoms with Crippen molar-refractivity contribution in [3.05, 3.63) is 29.3 Å². The maximum atomic E-state index is 12.9. The molecule has 0 aliphatic carbocycles. The summed E-state index contributed by atoms with van der Waals surface area (Å²) in [5.74, 6) is -1.68. The van der Waals surface area contributed by atoms with Gasteiger partial charge in [0.25, 0.3) is 5.91 Å². The van der Waals surface area contributed by atoms with Gasteiger partial charge in [-0.15, -0.1) is 0 Å². The highest BCUT2D eigenvalue weighted by molar-refractivity contribution is 9.09. The Balaban J connectivity index is 2.14. The highest BCUT2D eigenvalue weighted by atomic mass is 79.9. The molecule has 1 fully saturated rings. The van der Waals surface area contributed by atoms with Gasteiger partial charge in [-0.3, -0.25) is 29.3 Å². The first kappa shape index (κ1) is 22.7. The van der Waals surface area contributed by atoms with E-state index in [1.54, 1.807) is 12.1 Å². The first-order chi connectivity index (χ1) is 13.9. The number of carbonyl (C=O) groups is 5. The molecule has 29 heavy (non-hydrogen) atoms. The van der Waals surface area contributed by atoms with Crippen LogP contribution in [0.4, 0.5) is 5.69 Å². The Morgan fingerprint density at radius 1 is 1.28 bits per heavy atom. The van der Waals surface area contributed by atoms with E-state index in [-0.39, 0.29) is 41.5 Å². The second-order valence-electron chi connectivity index (χ2n) is 6.82. The molecule has 1 aromatic rings. The van der Waals surface area contributed by atoms with Crippen molar-refractivity contribution >= 4 is 51.5 Å². The minimum Gasteiger partial charge on any atom is -0.330 e. The number of rotatable bonds is 9. The lowest BCUT2D eigenvalue weighted by Crippen LogP contribution is -2.53. The van der Waals surface area contributed by atoms with Crippen LogP contribution in [0, 0.1) is 0 Å². The van der Waals surface area contributed by atoms with Crippen molar-refractivity contribution in [1.82, 2.24) is 10.2 Å². The number of alkyl halides is 1. The maximum Gasteiger partial charge on any atom is 0.255 e. The summed E-state index contributed by atoms with van der Waals surface area (Å²) in [5.41, 5.74) is 0.405. The predicted octanol–water partition coefficient (Wildman–Crippen LogP) is 2.27. The van der Waals surface area contributed by atoms with Crippen molar-refractivity contribution in [2.45, 2.75) is 44.6 Å². The number of nitrogens with zero attached hydrogens (tertiary/aromatic N) is 1. The monoisotopic (exact) mass is 465 g/mol. The minimum absolute atomic E-state index is 0.0606. The van der Waals surface area contributed by atoms with Gasteiger partial charge in [0, 0.05) is 25.2 Å². The van der Waals surface area contributed by atoms with Gasteiger partial charge >= 0.3 is 0 Å². The predicted molar refractivity (Wildman–Crippen MR) is 111 cm³/mol. The number of likely N-dealkylation sites (N-methyl/N-ethyl adjacent to an activating group) is 1. The van der Waals surface area contributed by atoms with E-state index < -0.39 is 17.9 Å². The number of piperidine rings is 1. The van der Waals surface area contributed by atoms with Crippen LogP contribution in [0.3, 0.4) is 0 Å². The van der Waals surface area contributed by atoms with Crippen molar-refractivity contribution in [1.29, 1.82) is 0 Å². The largest absolute Gasteiger partial charge is 0.330 e. The Morgan fingerprint density at radius 3 is 2.69 bits per heavy atom. The zero-order valence-corrected chi connectivity index (χ0v) is 17.8. The fourth-order valence-corrected chi connectivity index (χ4v) is 3.54. The van der Waals surface area contributed by atoms with Gasteiger partial charge in [-0.1, -0.05) is 28.4 Å². The fraction of sp³-hybridized carbons (Fsp3) is 0.450. The smallest absolute Gasteiger partial charge is 0.255 e. The van der Waals surface area contributed by atoms with Crippen molar-refractivity contribution in [3.63, 3.8) is 0 Å². The molecular weight excluding hydrogens is 442 g/mol. The second-order valence-corrected chi connectivity index (χ2v) is 7.61. The number of imide groups is 1. The molecule has 2 N–H and O–H groups in total. The van der Waals surface area contributed by atoms with Crippen molar-refractivity contribution in [2.75, 3.05) is 17.7 Å². The van der Waals surface area contributed by atoms with E-state index in [2.05, 4.69) is 26.6 Å². The van der Waals surface area contributed by atoms with Crippen LogP contribution in [-0.2, 0) is 14.4 Å². The van der Waals surface area contributed by atoms with Crippen LogP contribution in [0.15, 0.2) is 18.2 Å². The van der Waals surface area contributed by atoms with Crippen LogP contribution in [0.2, 0.25) is 0 Å².